The number of likely N-dealkylation sites (tertiary alicyclic amines) is 1. The van der Waals surface area contributed by atoms with Gasteiger partial charge in [-0.1, -0.05) is 19.3 Å². The highest BCUT2D eigenvalue weighted by atomic mass is 16.3. The minimum Gasteiger partial charge on any atom is -0.396 e. The van der Waals surface area contributed by atoms with Gasteiger partial charge >= 0.3 is 0 Å². The molecule has 2 fully saturated rings. The fraction of sp³-hybridized carbons (Fsp3) is 0.941. The fourth-order valence-electron chi connectivity index (χ4n) is 4.05. The Labute approximate surface area is 129 Å². The Balaban J connectivity index is 1.85. The lowest BCUT2D eigenvalue weighted by molar-refractivity contribution is -0.135. The van der Waals surface area contributed by atoms with Crippen LogP contribution in [-0.4, -0.2) is 59.1 Å². The average Bonchev–Trinajstić information content (AvgIpc) is 2.94. The molecule has 1 aliphatic heterocycles. The maximum atomic E-state index is 12.7. The first-order valence-corrected chi connectivity index (χ1v) is 8.90. The lowest BCUT2D eigenvalue weighted by atomic mass is 9.94. The van der Waals surface area contributed by atoms with Crippen molar-refractivity contribution in [3.05, 3.63) is 0 Å². The number of likely N-dealkylation sites (N-methyl/N-ethyl adjacent to an activating group) is 1. The van der Waals surface area contributed by atoms with E-state index in [1.807, 2.05) is 0 Å². The van der Waals surface area contributed by atoms with Crippen LogP contribution < -0.4 is 0 Å². The van der Waals surface area contributed by atoms with Gasteiger partial charge in [-0.15, -0.1) is 0 Å². The van der Waals surface area contributed by atoms with Gasteiger partial charge in [-0.05, 0) is 52.0 Å². The Morgan fingerprint density at radius 3 is 2.62 bits per heavy atom. The van der Waals surface area contributed by atoms with E-state index in [0.29, 0.717) is 24.5 Å². The molecule has 1 atom stereocenters. The molecule has 2 aliphatic rings. The van der Waals surface area contributed by atoms with E-state index in [9.17, 15) is 4.79 Å². The topological polar surface area (TPSA) is 43.8 Å². The summed E-state index contributed by atoms with van der Waals surface area (Å²) in [4.78, 5) is 17.2. The molecule has 1 saturated heterocycles. The van der Waals surface area contributed by atoms with Crippen molar-refractivity contribution in [2.45, 2.75) is 76.8 Å². The highest BCUT2D eigenvalue weighted by Crippen LogP contribution is 2.24. The molecule has 2 rings (SSSR count). The van der Waals surface area contributed by atoms with Crippen LogP contribution in [0.15, 0.2) is 0 Å². The van der Waals surface area contributed by atoms with Gasteiger partial charge in [-0.25, -0.2) is 0 Å². The molecule has 0 aromatic rings. The van der Waals surface area contributed by atoms with Crippen molar-refractivity contribution in [3.63, 3.8) is 0 Å². The predicted octanol–water partition coefficient (Wildman–Crippen LogP) is 2.40. The van der Waals surface area contributed by atoms with Crippen molar-refractivity contribution < 1.29 is 9.90 Å². The SMILES string of the molecule is CCN(C(=O)CN1CCCC1CCCO)C1CCCCC1. The highest BCUT2D eigenvalue weighted by molar-refractivity contribution is 5.78. The quantitative estimate of drug-likeness (QED) is 0.784. The minimum absolute atomic E-state index is 0.265. The molecular formula is C17H32N2O2. The second kappa shape index (κ2) is 8.74. The smallest absolute Gasteiger partial charge is 0.236 e. The first-order chi connectivity index (χ1) is 10.3. The zero-order chi connectivity index (χ0) is 15.1. The molecular weight excluding hydrogens is 264 g/mol. The van der Waals surface area contributed by atoms with Crippen LogP contribution in [0.3, 0.4) is 0 Å². The van der Waals surface area contributed by atoms with Gasteiger partial charge < -0.3 is 10.0 Å². The van der Waals surface area contributed by atoms with Crippen molar-refractivity contribution in [1.29, 1.82) is 0 Å². The largest absolute Gasteiger partial charge is 0.396 e. The van der Waals surface area contributed by atoms with E-state index in [4.69, 9.17) is 5.11 Å². The van der Waals surface area contributed by atoms with Crippen LogP contribution in [0.5, 0.6) is 0 Å². The van der Waals surface area contributed by atoms with Crippen LogP contribution in [0.4, 0.5) is 0 Å². The Hall–Kier alpha value is -0.610. The molecule has 1 amide bonds. The third-order valence-corrected chi connectivity index (χ3v) is 5.21. The van der Waals surface area contributed by atoms with E-state index < -0.39 is 0 Å². The molecule has 122 valence electrons. The first kappa shape index (κ1) is 16.8. The number of amides is 1. The average molecular weight is 296 g/mol. The third kappa shape index (κ3) is 4.68. The Kier molecular flexibility index (Phi) is 6.97. The Morgan fingerprint density at radius 2 is 1.95 bits per heavy atom. The van der Waals surface area contributed by atoms with E-state index in [-0.39, 0.29) is 6.61 Å². The van der Waals surface area contributed by atoms with Crippen molar-refractivity contribution in [2.24, 2.45) is 0 Å². The fourth-order valence-corrected chi connectivity index (χ4v) is 4.05. The molecule has 21 heavy (non-hydrogen) atoms. The van der Waals surface area contributed by atoms with Gasteiger partial charge in [0.1, 0.15) is 0 Å². The van der Waals surface area contributed by atoms with Crippen molar-refractivity contribution in [3.8, 4) is 0 Å². The van der Waals surface area contributed by atoms with Crippen molar-refractivity contribution in [2.75, 3.05) is 26.2 Å². The molecule has 0 spiro atoms. The van der Waals surface area contributed by atoms with Crippen LogP contribution in [0.1, 0.15) is 64.7 Å². The summed E-state index contributed by atoms with van der Waals surface area (Å²) in [5.74, 6) is 0.320. The molecule has 1 unspecified atom stereocenters. The number of aliphatic hydroxyl groups excluding tert-OH is 1. The third-order valence-electron chi connectivity index (χ3n) is 5.21. The number of nitrogens with zero attached hydrogens (tertiary/aromatic N) is 2. The maximum absolute atomic E-state index is 12.7. The summed E-state index contributed by atoms with van der Waals surface area (Å²) in [6, 6.07) is 0.987. The van der Waals surface area contributed by atoms with Crippen molar-refractivity contribution in [1.82, 2.24) is 9.80 Å². The monoisotopic (exact) mass is 296 g/mol. The number of carbonyl (C=O) groups is 1. The summed E-state index contributed by atoms with van der Waals surface area (Å²) < 4.78 is 0. The summed E-state index contributed by atoms with van der Waals surface area (Å²) in [7, 11) is 0. The summed E-state index contributed by atoms with van der Waals surface area (Å²) in [6.07, 6.45) is 10.5. The lowest BCUT2D eigenvalue weighted by Gasteiger charge is -2.35. The molecule has 0 aromatic heterocycles. The van der Waals surface area contributed by atoms with Gasteiger partial charge in [0.05, 0.1) is 6.54 Å². The van der Waals surface area contributed by atoms with Crippen molar-refractivity contribution >= 4 is 5.91 Å². The number of rotatable bonds is 7. The highest BCUT2D eigenvalue weighted by Gasteiger charge is 2.29. The van der Waals surface area contributed by atoms with E-state index in [1.165, 1.54) is 44.9 Å². The molecule has 1 saturated carbocycles. The number of carbonyl (C=O) groups excluding carboxylic acids is 1. The predicted molar refractivity (Wildman–Crippen MR) is 85.2 cm³/mol. The van der Waals surface area contributed by atoms with Gasteiger partial charge in [0.15, 0.2) is 0 Å². The molecule has 1 heterocycles. The van der Waals surface area contributed by atoms with Crippen LogP contribution >= 0.6 is 0 Å². The zero-order valence-electron chi connectivity index (χ0n) is 13.6. The van der Waals surface area contributed by atoms with Gasteiger partial charge in [0, 0.05) is 25.2 Å². The first-order valence-electron chi connectivity index (χ1n) is 8.90. The Bertz CT molecular complexity index is 316. The van der Waals surface area contributed by atoms with Gasteiger partial charge in [0.25, 0.3) is 0 Å². The lowest BCUT2D eigenvalue weighted by Crippen LogP contribution is -2.47. The minimum atomic E-state index is 0.265. The molecule has 1 N–H and O–H groups in total. The van der Waals surface area contributed by atoms with Gasteiger partial charge in [-0.2, -0.15) is 0 Å². The normalized spacial score (nSPS) is 24.4. The number of hydrogen-bond acceptors (Lipinski definition) is 3. The Morgan fingerprint density at radius 1 is 1.19 bits per heavy atom. The molecule has 0 aromatic carbocycles. The summed E-state index contributed by atoms with van der Waals surface area (Å²) >= 11 is 0. The standard InChI is InChI=1S/C17H32N2O2/c1-2-19(16-8-4-3-5-9-16)17(21)14-18-12-6-10-15(18)11-7-13-20/h15-16,20H,2-14H2,1H3. The van der Waals surface area contributed by atoms with Crippen LogP contribution in [-0.2, 0) is 4.79 Å². The maximum Gasteiger partial charge on any atom is 0.236 e. The van der Waals surface area contributed by atoms with Crippen LogP contribution in [0, 0.1) is 0 Å². The zero-order valence-corrected chi connectivity index (χ0v) is 13.6. The molecule has 4 nitrogen and oxygen atoms in total. The summed E-state index contributed by atoms with van der Waals surface area (Å²) in [6.45, 7) is 4.85. The van der Waals surface area contributed by atoms with Gasteiger partial charge in [-0.3, -0.25) is 9.69 Å². The second-order valence-corrected chi connectivity index (χ2v) is 6.60. The van der Waals surface area contributed by atoms with E-state index in [1.54, 1.807) is 0 Å². The van der Waals surface area contributed by atoms with E-state index in [0.717, 1.165) is 25.9 Å². The molecule has 0 bridgehead atoms. The van der Waals surface area contributed by atoms with Gasteiger partial charge in [0.2, 0.25) is 5.91 Å². The molecule has 4 heteroatoms. The van der Waals surface area contributed by atoms with Crippen LogP contribution in [0.2, 0.25) is 0 Å². The van der Waals surface area contributed by atoms with E-state index in [2.05, 4.69) is 16.7 Å². The number of hydrogen-bond donors (Lipinski definition) is 1. The molecule has 0 radical (unpaired) electrons. The summed E-state index contributed by atoms with van der Waals surface area (Å²) in [5, 5.41) is 9.00. The van der Waals surface area contributed by atoms with E-state index >= 15 is 0 Å². The van der Waals surface area contributed by atoms with Crippen LogP contribution in [0.25, 0.3) is 0 Å². The summed E-state index contributed by atoms with van der Waals surface area (Å²) in [5.41, 5.74) is 0. The number of aliphatic hydroxyl groups is 1. The molecule has 1 aliphatic carbocycles. The second-order valence-electron chi connectivity index (χ2n) is 6.60.